The summed E-state index contributed by atoms with van der Waals surface area (Å²) in [6, 6.07) is 5.41. The molecule has 0 saturated carbocycles. The van der Waals surface area contributed by atoms with E-state index < -0.39 is 5.97 Å². The fourth-order valence-corrected chi connectivity index (χ4v) is 2.35. The molecule has 0 aliphatic heterocycles. The van der Waals surface area contributed by atoms with Crippen LogP contribution >= 0.6 is 31.9 Å². The van der Waals surface area contributed by atoms with Gasteiger partial charge in [0.25, 0.3) is 0 Å². The van der Waals surface area contributed by atoms with Gasteiger partial charge in [0.1, 0.15) is 0 Å². The molecule has 1 aromatic heterocycles. The van der Waals surface area contributed by atoms with Gasteiger partial charge in [-0.25, -0.2) is 4.68 Å². The maximum Gasteiger partial charge on any atom is 0.307 e. The summed E-state index contributed by atoms with van der Waals surface area (Å²) in [7, 11) is 0. The molecule has 0 spiro atoms. The first-order valence-electron chi connectivity index (χ1n) is 4.77. The Morgan fingerprint density at radius 2 is 2.18 bits per heavy atom. The molecule has 0 amide bonds. The molecule has 0 saturated heterocycles. The van der Waals surface area contributed by atoms with Crippen LogP contribution in [0.4, 0.5) is 0 Å². The molecule has 0 bridgehead atoms. The van der Waals surface area contributed by atoms with Crippen molar-refractivity contribution in [2.45, 2.75) is 6.42 Å². The molecule has 0 fully saturated rings. The molecule has 1 heterocycles. The van der Waals surface area contributed by atoms with Crippen LogP contribution in [0, 0.1) is 0 Å². The fraction of sp³-hybridized carbons (Fsp3) is 0.0909. The van der Waals surface area contributed by atoms with Crippen molar-refractivity contribution in [3.63, 3.8) is 0 Å². The van der Waals surface area contributed by atoms with Crippen LogP contribution in [0.25, 0.3) is 5.69 Å². The first kappa shape index (κ1) is 12.3. The lowest BCUT2D eigenvalue weighted by molar-refractivity contribution is -0.136. The minimum absolute atomic E-state index is 0.0156. The fourth-order valence-electron chi connectivity index (χ4n) is 1.45. The Balaban J connectivity index is 2.34. The molecule has 1 N–H and O–H groups in total. The third-order valence-electron chi connectivity index (χ3n) is 2.17. The largest absolute Gasteiger partial charge is 0.481 e. The molecule has 17 heavy (non-hydrogen) atoms. The van der Waals surface area contributed by atoms with Crippen LogP contribution in [-0.2, 0) is 11.2 Å². The molecule has 0 unspecified atom stereocenters. The number of nitrogens with zero attached hydrogens (tertiary/aromatic N) is 2. The maximum atomic E-state index is 10.6. The predicted molar refractivity (Wildman–Crippen MR) is 70.3 cm³/mol. The van der Waals surface area contributed by atoms with E-state index in [9.17, 15) is 4.79 Å². The van der Waals surface area contributed by atoms with Gasteiger partial charge >= 0.3 is 5.97 Å². The molecule has 2 aromatic rings. The number of carboxylic acids is 1. The van der Waals surface area contributed by atoms with Gasteiger partial charge in [0.2, 0.25) is 0 Å². The average molecular weight is 360 g/mol. The molecule has 2 rings (SSSR count). The van der Waals surface area contributed by atoms with Crippen LogP contribution in [0.2, 0.25) is 0 Å². The second-order valence-electron chi connectivity index (χ2n) is 3.46. The zero-order chi connectivity index (χ0) is 12.4. The summed E-state index contributed by atoms with van der Waals surface area (Å²) in [5.41, 5.74) is 1.61. The van der Waals surface area contributed by atoms with Crippen molar-refractivity contribution in [2.75, 3.05) is 0 Å². The van der Waals surface area contributed by atoms with Gasteiger partial charge in [-0.1, -0.05) is 6.07 Å². The van der Waals surface area contributed by atoms with E-state index in [1.165, 1.54) is 0 Å². The maximum absolute atomic E-state index is 10.6. The Hall–Kier alpha value is -1.14. The summed E-state index contributed by atoms with van der Waals surface area (Å²) in [6.45, 7) is 0. The van der Waals surface area contributed by atoms with Gasteiger partial charge in [-0.3, -0.25) is 4.79 Å². The summed E-state index contributed by atoms with van der Waals surface area (Å²) >= 11 is 6.74. The molecule has 0 aliphatic rings. The summed E-state index contributed by atoms with van der Waals surface area (Å²) < 4.78 is 3.41. The van der Waals surface area contributed by atoms with E-state index in [4.69, 9.17) is 5.11 Å². The number of hydrogen-bond acceptors (Lipinski definition) is 2. The van der Waals surface area contributed by atoms with E-state index in [1.54, 1.807) is 23.0 Å². The first-order chi connectivity index (χ1) is 8.06. The lowest BCUT2D eigenvalue weighted by Crippen LogP contribution is -2.01. The minimum atomic E-state index is -0.841. The zero-order valence-electron chi connectivity index (χ0n) is 8.60. The molecule has 6 heteroatoms. The van der Waals surface area contributed by atoms with E-state index in [2.05, 4.69) is 37.0 Å². The van der Waals surface area contributed by atoms with E-state index in [1.807, 2.05) is 12.3 Å². The summed E-state index contributed by atoms with van der Waals surface area (Å²) in [5, 5.41) is 12.9. The average Bonchev–Trinajstić information content (AvgIpc) is 2.64. The van der Waals surface area contributed by atoms with Crippen LogP contribution in [-0.4, -0.2) is 20.9 Å². The Kier molecular flexibility index (Phi) is 3.63. The van der Waals surface area contributed by atoms with Gasteiger partial charge in [0, 0.05) is 10.7 Å². The van der Waals surface area contributed by atoms with Gasteiger partial charge in [-0.2, -0.15) is 5.10 Å². The molecule has 0 aliphatic carbocycles. The van der Waals surface area contributed by atoms with Crippen molar-refractivity contribution in [1.29, 1.82) is 0 Å². The lowest BCUT2D eigenvalue weighted by atomic mass is 10.1. The van der Waals surface area contributed by atoms with Crippen LogP contribution in [0.5, 0.6) is 0 Å². The number of aliphatic carboxylic acids is 1. The standard InChI is InChI=1S/C11H8Br2N2O2/c12-8-5-14-15(6-8)10-2-1-7(3-9(10)13)4-11(16)17/h1-3,5-6H,4H2,(H,16,17). The third-order valence-corrected chi connectivity index (χ3v) is 3.21. The van der Waals surface area contributed by atoms with Gasteiger partial charge < -0.3 is 5.11 Å². The molecule has 4 nitrogen and oxygen atoms in total. The number of aromatic nitrogens is 2. The highest BCUT2D eigenvalue weighted by Gasteiger charge is 2.07. The lowest BCUT2D eigenvalue weighted by Gasteiger charge is -2.06. The number of carboxylic acid groups (broad SMARTS) is 1. The van der Waals surface area contributed by atoms with Crippen molar-refractivity contribution < 1.29 is 9.90 Å². The molecule has 0 atom stereocenters. The van der Waals surface area contributed by atoms with E-state index in [0.29, 0.717) is 0 Å². The Labute approximate surface area is 115 Å². The summed E-state index contributed by atoms with van der Waals surface area (Å²) in [4.78, 5) is 10.6. The summed E-state index contributed by atoms with van der Waals surface area (Å²) in [6.07, 6.45) is 3.54. The molecule has 88 valence electrons. The Morgan fingerprint density at radius 1 is 1.41 bits per heavy atom. The van der Waals surface area contributed by atoms with Crippen LogP contribution in [0.15, 0.2) is 39.5 Å². The normalized spacial score (nSPS) is 10.5. The summed E-state index contributed by atoms with van der Waals surface area (Å²) in [5.74, 6) is -0.841. The third kappa shape index (κ3) is 2.95. The molecular formula is C11H8Br2N2O2. The topological polar surface area (TPSA) is 55.1 Å². The van der Waals surface area contributed by atoms with E-state index >= 15 is 0 Å². The highest BCUT2D eigenvalue weighted by Crippen LogP contribution is 2.23. The van der Waals surface area contributed by atoms with Crippen molar-refractivity contribution >= 4 is 37.8 Å². The molecule has 0 radical (unpaired) electrons. The predicted octanol–water partition coefficient (Wildman–Crippen LogP) is 3.02. The minimum Gasteiger partial charge on any atom is -0.481 e. The Bertz CT molecular complexity index is 566. The van der Waals surface area contributed by atoms with Gasteiger partial charge in [0.05, 0.1) is 22.8 Å². The zero-order valence-corrected chi connectivity index (χ0v) is 11.8. The van der Waals surface area contributed by atoms with Crippen LogP contribution in [0.1, 0.15) is 5.56 Å². The quantitative estimate of drug-likeness (QED) is 0.916. The molecule has 1 aromatic carbocycles. The van der Waals surface area contributed by atoms with Gasteiger partial charge in [0.15, 0.2) is 0 Å². The van der Waals surface area contributed by atoms with Crippen LogP contribution < -0.4 is 0 Å². The number of benzene rings is 1. The van der Waals surface area contributed by atoms with Crippen molar-refractivity contribution in [1.82, 2.24) is 9.78 Å². The van der Waals surface area contributed by atoms with E-state index in [-0.39, 0.29) is 6.42 Å². The number of halogens is 2. The van der Waals surface area contributed by atoms with Gasteiger partial charge in [-0.15, -0.1) is 0 Å². The number of carbonyl (C=O) groups is 1. The van der Waals surface area contributed by atoms with Crippen molar-refractivity contribution in [3.05, 3.63) is 45.1 Å². The second kappa shape index (κ2) is 5.01. The first-order valence-corrected chi connectivity index (χ1v) is 6.35. The van der Waals surface area contributed by atoms with Crippen LogP contribution in [0.3, 0.4) is 0 Å². The molecular weight excluding hydrogens is 352 g/mol. The highest BCUT2D eigenvalue weighted by molar-refractivity contribution is 9.10. The number of hydrogen-bond donors (Lipinski definition) is 1. The highest BCUT2D eigenvalue weighted by atomic mass is 79.9. The van der Waals surface area contributed by atoms with E-state index in [0.717, 1.165) is 20.2 Å². The SMILES string of the molecule is O=C(O)Cc1ccc(-n2cc(Br)cn2)c(Br)c1. The Morgan fingerprint density at radius 3 is 2.71 bits per heavy atom. The monoisotopic (exact) mass is 358 g/mol. The van der Waals surface area contributed by atoms with Crippen molar-refractivity contribution in [2.24, 2.45) is 0 Å². The van der Waals surface area contributed by atoms with Crippen molar-refractivity contribution in [3.8, 4) is 5.69 Å². The number of rotatable bonds is 3. The van der Waals surface area contributed by atoms with Gasteiger partial charge in [-0.05, 0) is 49.6 Å². The smallest absolute Gasteiger partial charge is 0.307 e. The second-order valence-corrected chi connectivity index (χ2v) is 5.23.